The average Bonchev–Trinajstić information content (AvgIpc) is 3.25. The summed E-state index contributed by atoms with van der Waals surface area (Å²) in [4.78, 5) is 23.3. The number of nitrogens with zero attached hydrogens (tertiary/aromatic N) is 3. The number of ether oxygens (including phenoxy) is 1. The molecule has 9 nitrogen and oxygen atoms in total. The zero-order chi connectivity index (χ0) is 19.6. The third-order valence-corrected chi connectivity index (χ3v) is 4.30. The van der Waals surface area contributed by atoms with Crippen LogP contribution in [0.4, 0.5) is 5.69 Å². The van der Waals surface area contributed by atoms with Crippen LogP contribution in [0.2, 0.25) is 0 Å². The largest absolute Gasteiger partial charge is 0.464 e. The van der Waals surface area contributed by atoms with Crippen molar-refractivity contribution < 1.29 is 19.0 Å². The van der Waals surface area contributed by atoms with Crippen LogP contribution in [0.5, 0.6) is 0 Å². The lowest BCUT2D eigenvalue weighted by Crippen LogP contribution is -2.36. The molecule has 1 aliphatic rings. The molecule has 27 heavy (non-hydrogen) atoms. The first-order chi connectivity index (χ1) is 13.0. The maximum atomic E-state index is 12.4. The lowest BCUT2D eigenvalue weighted by molar-refractivity contribution is -0.386. The van der Waals surface area contributed by atoms with Crippen molar-refractivity contribution in [2.45, 2.75) is 25.8 Å². The molecule has 1 aliphatic heterocycles. The molecule has 0 spiro atoms. The van der Waals surface area contributed by atoms with Gasteiger partial charge in [-0.1, -0.05) is 17.3 Å². The number of nitriles is 1. The Hall–Kier alpha value is -3.67. The van der Waals surface area contributed by atoms with Crippen molar-refractivity contribution in [2.75, 3.05) is 6.61 Å². The average molecular weight is 368 g/mol. The summed E-state index contributed by atoms with van der Waals surface area (Å²) in [6, 6.07) is 7.89. The number of benzene rings is 1. The van der Waals surface area contributed by atoms with Gasteiger partial charge >= 0.3 is 11.7 Å². The number of hydrogen-bond donors (Lipinski definition) is 1. The van der Waals surface area contributed by atoms with Crippen LogP contribution in [0.15, 0.2) is 35.0 Å². The fourth-order valence-electron chi connectivity index (χ4n) is 3.09. The van der Waals surface area contributed by atoms with Crippen LogP contribution in [0.25, 0.3) is 5.57 Å². The van der Waals surface area contributed by atoms with Gasteiger partial charge in [0.05, 0.1) is 23.2 Å². The molecule has 1 N–H and O–H groups in total. The van der Waals surface area contributed by atoms with Crippen molar-refractivity contribution in [1.29, 1.82) is 5.26 Å². The van der Waals surface area contributed by atoms with Crippen LogP contribution in [-0.2, 0) is 9.53 Å². The highest BCUT2D eigenvalue weighted by molar-refractivity contribution is 5.87. The van der Waals surface area contributed by atoms with E-state index in [9.17, 15) is 14.9 Å². The number of hydrogen-bond acceptors (Lipinski definition) is 8. The van der Waals surface area contributed by atoms with Crippen LogP contribution in [0, 0.1) is 28.4 Å². The van der Waals surface area contributed by atoms with E-state index in [0.29, 0.717) is 16.7 Å². The minimum Gasteiger partial charge on any atom is -0.464 e. The lowest BCUT2D eigenvalue weighted by Gasteiger charge is -2.21. The Kier molecular flexibility index (Phi) is 4.90. The number of esters is 1. The van der Waals surface area contributed by atoms with Crippen molar-refractivity contribution in [2.24, 2.45) is 0 Å². The summed E-state index contributed by atoms with van der Waals surface area (Å²) in [5.41, 5.74) is 1.47. The molecular formula is C18H16N4O5. The number of carbonyl (C=O) groups is 1. The number of nitrogens with one attached hydrogen (secondary N) is 1. The molecule has 0 saturated heterocycles. The predicted molar refractivity (Wildman–Crippen MR) is 93.3 cm³/mol. The number of rotatable bonds is 5. The number of nitro groups is 1. The van der Waals surface area contributed by atoms with Crippen molar-refractivity contribution in [3.8, 4) is 6.07 Å². The fourth-order valence-corrected chi connectivity index (χ4v) is 3.09. The molecule has 2 atom stereocenters. The maximum absolute atomic E-state index is 12.4. The zero-order valence-electron chi connectivity index (χ0n) is 14.6. The van der Waals surface area contributed by atoms with Gasteiger partial charge in [0.2, 0.25) is 5.76 Å². The Morgan fingerprint density at radius 3 is 2.74 bits per heavy atom. The molecule has 0 fully saturated rings. The van der Waals surface area contributed by atoms with Crippen LogP contribution >= 0.6 is 0 Å². The predicted octanol–water partition coefficient (Wildman–Crippen LogP) is 2.42. The summed E-state index contributed by atoms with van der Waals surface area (Å²) in [7, 11) is 0. The Balaban J connectivity index is 2.08. The van der Waals surface area contributed by atoms with E-state index in [1.807, 2.05) is 6.07 Å². The van der Waals surface area contributed by atoms with Gasteiger partial charge in [-0.05, 0) is 31.5 Å². The van der Waals surface area contributed by atoms with Crippen molar-refractivity contribution in [1.82, 2.24) is 10.5 Å². The molecule has 138 valence electrons. The first-order valence-corrected chi connectivity index (χ1v) is 8.21. The van der Waals surface area contributed by atoms with E-state index in [2.05, 4.69) is 10.5 Å². The molecule has 2 aromatic rings. The van der Waals surface area contributed by atoms with E-state index >= 15 is 0 Å². The maximum Gasteiger partial charge on any atom is 0.339 e. The van der Waals surface area contributed by atoms with Crippen molar-refractivity contribution in [3.05, 3.63) is 63.2 Å². The molecular weight excluding hydrogens is 352 g/mol. The number of carbonyl (C=O) groups excluding carboxylic acids is 1. The Morgan fingerprint density at radius 1 is 1.44 bits per heavy atom. The summed E-state index contributed by atoms with van der Waals surface area (Å²) in [6.07, 6.45) is 1.51. The minimum absolute atomic E-state index is 0.00819. The second-order valence-electron chi connectivity index (χ2n) is 5.91. The summed E-state index contributed by atoms with van der Waals surface area (Å²) < 4.78 is 10.3. The van der Waals surface area contributed by atoms with E-state index in [1.165, 1.54) is 13.1 Å². The molecule has 0 unspecified atom stereocenters. The quantitative estimate of drug-likeness (QED) is 0.483. The van der Waals surface area contributed by atoms with E-state index < -0.39 is 22.9 Å². The van der Waals surface area contributed by atoms with E-state index in [-0.39, 0.29) is 23.7 Å². The smallest absolute Gasteiger partial charge is 0.339 e. The molecule has 1 aromatic heterocycles. The summed E-state index contributed by atoms with van der Waals surface area (Å²) in [5, 5.41) is 27.1. The molecule has 0 aliphatic carbocycles. The van der Waals surface area contributed by atoms with E-state index in [4.69, 9.17) is 14.5 Å². The Morgan fingerprint density at radius 2 is 2.15 bits per heavy atom. The molecule has 1 aromatic carbocycles. The number of aryl methyl sites for hydroxylation is 1. The standard InChI is InChI=1S/C18H16N4O5/c1-3-26-18(23)15-14(12-6-4-11(8-19)5-7-12)13(9-20-15)17-16(22(24)25)10(2)21-27-17/h4-7,9,14-15,20H,3H2,1-2H3/t14-,15-/m0/s1. The molecule has 0 amide bonds. The number of aromatic nitrogens is 1. The molecule has 9 heteroatoms. The van der Waals surface area contributed by atoms with E-state index in [1.54, 1.807) is 31.2 Å². The van der Waals surface area contributed by atoms with Crippen LogP contribution < -0.4 is 5.32 Å². The molecule has 2 heterocycles. The molecule has 0 bridgehead atoms. The van der Waals surface area contributed by atoms with Gasteiger partial charge in [-0.2, -0.15) is 5.26 Å². The Bertz CT molecular complexity index is 955. The van der Waals surface area contributed by atoms with Gasteiger partial charge in [-0.3, -0.25) is 10.1 Å². The van der Waals surface area contributed by atoms with Gasteiger partial charge in [0.25, 0.3) is 0 Å². The highest BCUT2D eigenvalue weighted by Crippen LogP contribution is 2.42. The monoisotopic (exact) mass is 368 g/mol. The first-order valence-electron chi connectivity index (χ1n) is 8.21. The lowest BCUT2D eigenvalue weighted by atomic mass is 9.85. The second kappa shape index (κ2) is 7.29. The van der Waals surface area contributed by atoms with Crippen molar-refractivity contribution >= 4 is 17.2 Å². The van der Waals surface area contributed by atoms with Gasteiger partial charge in [0.15, 0.2) is 5.69 Å². The van der Waals surface area contributed by atoms with Crippen molar-refractivity contribution in [3.63, 3.8) is 0 Å². The molecule has 0 saturated carbocycles. The highest BCUT2D eigenvalue weighted by atomic mass is 16.6. The van der Waals surface area contributed by atoms with Crippen LogP contribution in [-0.4, -0.2) is 28.7 Å². The SMILES string of the molecule is CCOC(=O)[C@H]1NC=C(c2onc(C)c2[N+](=O)[O-])[C@@H]1c1ccc(C#N)cc1. The topological polar surface area (TPSA) is 131 Å². The second-order valence-corrected chi connectivity index (χ2v) is 5.91. The minimum atomic E-state index is -0.780. The zero-order valence-corrected chi connectivity index (χ0v) is 14.6. The van der Waals surface area contributed by atoms with Crippen LogP contribution in [0.3, 0.4) is 0 Å². The molecule has 3 rings (SSSR count). The van der Waals surface area contributed by atoms with Gasteiger partial charge in [-0.15, -0.1) is 0 Å². The summed E-state index contributed by atoms with van der Waals surface area (Å²) in [6.45, 7) is 3.38. The normalized spacial score (nSPS) is 18.3. The first kappa shape index (κ1) is 18.1. The molecule has 0 radical (unpaired) electrons. The van der Waals surface area contributed by atoms with Gasteiger partial charge in [0.1, 0.15) is 6.04 Å². The third kappa shape index (κ3) is 3.25. The fraction of sp³-hybridized carbons (Fsp3) is 0.278. The summed E-state index contributed by atoms with van der Waals surface area (Å²) >= 11 is 0. The van der Waals surface area contributed by atoms with Gasteiger partial charge in [-0.25, -0.2) is 4.79 Å². The van der Waals surface area contributed by atoms with E-state index in [0.717, 1.165) is 0 Å². The highest BCUT2D eigenvalue weighted by Gasteiger charge is 2.42. The summed E-state index contributed by atoms with van der Waals surface area (Å²) in [5.74, 6) is -1.09. The Labute approximate surface area is 154 Å². The van der Waals surface area contributed by atoms with Gasteiger partial charge < -0.3 is 14.6 Å². The van der Waals surface area contributed by atoms with Gasteiger partial charge in [0, 0.05) is 17.7 Å². The third-order valence-electron chi connectivity index (χ3n) is 4.30. The van der Waals surface area contributed by atoms with Crippen LogP contribution in [0.1, 0.15) is 35.4 Å².